The molecule has 0 aliphatic heterocycles. The average Bonchev–Trinajstić information content (AvgIpc) is 2.73. The summed E-state index contributed by atoms with van der Waals surface area (Å²) in [4.78, 5) is 38.7. The molecule has 8 nitrogen and oxygen atoms in total. The number of hydrogen-bond donors (Lipinski definition) is 1. The fraction of sp³-hybridized carbons (Fsp3) is 0.273. The quantitative estimate of drug-likeness (QED) is 0.579. The van der Waals surface area contributed by atoms with Crippen molar-refractivity contribution in [3.63, 3.8) is 0 Å². The smallest absolute Gasteiger partial charge is 0.352 e. The number of carbonyl (C=O) groups excluding carboxylic acids is 1. The van der Waals surface area contributed by atoms with E-state index in [0.717, 1.165) is 20.9 Å². The molecule has 9 heteroatoms. The number of benzene rings is 2. The predicted molar refractivity (Wildman–Crippen MR) is 113 cm³/mol. The third-order valence-corrected chi connectivity index (χ3v) is 4.69. The molecule has 0 bridgehead atoms. The lowest BCUT2D eigenvalue weighted by Crippen LogP contribution is -2.46. The van der Waals surface area contributed by atoms with E-state index in [1.807, 2.05) is 25.1 Å². The van der Waals surface area contributed by atoms with Gasteiger partial charge < -0.3 is 10.1 Å². The van der Waals surface area contributed by atoms with E-state index in [2.05, 4.69) is 10.4 Å². The molecular formula is C22H23FN4O4. The highest BCUT2D eigenvalue weighted by atomic mass is 19.1. The number of hydrogen-bond acceptors (Lipinski definition) is 5. The molecule has 2 aromatic carbocycles. The minimum atomic E-state index is -0.828. The molecular weight excluding hydrogens is 403 g/mol. The second kappa shape index (κ2) is 9.48. The van der Waals surface area contributed by atoms with Gasteiger partial charge in [-0.3, -0.25) is 14.2 Å². The van der Waals surface area contributed by atoms with E-state index in [0.29, 0.717) is 11.1 Å². The average molecular weight is 426 g/mol. The molecule has 0 fully saturated rings. The van der Waals surface area contributed by atoms with Gasteiger partial charge in [-0.25, -0.2) is 9.18 Å². The second-order valence-corrected chi connectivity index (χ2v) is 7.11. The Labute approximate surface area is 177 Å². The second-order valence-electron chi connectivity index (χ2n) is 7.11. The van der Waals surface area contributed by atoms with Gasteiger partial charge in [0.25, 0.3) is 11.5 Å². The molecule has 0 spiro atoms. The van der Waals surface area contributed by atoms with Crippen LogP contribution in [0.4, 0.5) is 4.39 Å². The topological polar surface area (TPSA) is 95.2 Å². The number of ether oxygens (including phenoxy) is 1. The van der Waals surface area contributed by atoms with E-state index in [1.165, 1.54) is 19.2 Å². The van der Waals surface area contributed by atoms with Crippen molar-refractivity contribution in [2.45, 2.75) is 20.4 Å². The van der Waals surface area contributed by atoms with Crippen LogP contribution in [0.2, 0.25) is 0 Å². The van der Waals surface area contributed by atoms with Crippen LogP contribution in [0.3, 0.4) is 0 Å². The number of aromatic nitrogens is 3. The van der Waals surface area contributed by atoms with Crippen LogP contribution in [0.5, 0.6) is 0 Å². The van der Waals surface area contributed by atoms with Crippen molar-refractivity contribution in [3.8, 4) is 5.69 Å². The van der Waals surface area contributed by atoms with Gasteiger partial charge >= 0.3 is 5.69 Å². The summed E-state index contributed by atoms with van der Waals surface area (Å²) in [5.41, 5.74) is 0.0908. The van der Waals surface area contributed by atoms with Gasteiger partial charge in [0.05, 0.1) is 18.8 Å². The first-order chi connectivity index (χ1) is 14.8. The zero-order valence-electron chi connectivity index (χ0n) is 17.5. The maximum Gasteiger partial charge on any atom is 0.352 e. The van der Waals surface area contributed by atoms with Crippen LogP contribution >= 0.6 is 0 Å². The number of nitrogens with zero attached hydrogens (tertiary/aromatic N) is 3. The lowest BCUT2D eigenvalue weighted by Gasteiger charge is -2.13. The molecule has 0 aliphatic carbocycles. The van der Waals surface area contributed by atoms with E-state index in [4.69, 9.17) is 4.74 Å². The molecule has 0 radical (unpaired) electrons. The molecule has 1 heterocycles. The lowest BCUT2D eigenvalue weighted by molar-refractivity contribution is 0.0927. The molecule has 1 aromatic heterocycles. The largest absolute Gasteiger partial charge is 0.383 e. The summed E-state index contributed by atoms with van der Waals surface area (Å²) in [6.45, 7) is 3.82. The molecule has 1 amide bonds. The van der Waals surface area contributed by atoms with Crippen LogP contribution in [0.1, 0.15) is 27.2 Å². The van der Waals surface area contributed by atoms with Crippen molar-refractivity contribution in [2.75, 3.05) is 20.3 Å². The highest BCUT2D eigenvalue weighted by molar-refractivity contribution is 5.91. The van der Waals surface area contributed by atoms with Gasteiger partial charge in [0, 0.05) is 19.7 Å². The maximum absolute atomic E-state index is 14.1. The SMILES string of the molecule is COCCNC(=O)c1nn(-c2ccc(C)c(F)c2)c(=O)n(Cc2cccc(C)c2)c1=O. The number of aryl methyl sites for hydroxylation is 2. The Morgan fingerprint density at radius 3 is 2.61 bits per heavy atom. The standard InChI is InChI=1S/C22H23FN4O4/c1-14-5-4-6-16(11-14)13-26-21(29)19(20(28)24-9-10-31-3)25-27(22(26)30)17-8-7-15(2)18(23)12-17/h4-8,11-12H,9-10,13H2,1-3H3,(H,24,28). The van der Waals surface area contributed by atoms with Gasteiger partial charge in [0.1, 0.15) is 5.82 Å². The molecule has 3 aromatic rings. The Kier molecular flexibility index (Phi) is 6.76. The van der Waals surface area contributed by atoms with Crippen LogP contribution in [0.25, 0.3) is 5.69 Å². The van der Waals surface area contributed by atoms with Crippen LogP contribution in [-0.4, -0.2) is 40.5 Å². The molecule has 0 saturated heterocycles. The number of nitrogens with one attached hydrogen (secondary N) is 1. The molecule has 3 rings (SSSR count). The normalized spacial score (nSPS) is 10.8. The van der Waals surface area contributed by atoms with Crippen LogP contribution < -0.4 is 16.6 Å². The number of amides is 1. The highest BCUT2D eigenvalue weighted by Gasteiger charge is 2.20. The van der Waals surface area contributed by atoms with Crippen LogP contribution in [-0.2, 0) is 11.3 Å². The molecule has 1 N–H and O–H groups in total. The Hall–Kier alpha value is -3.59. The molecule has 0 unspecified atom stereocenters. The van der Waals surface area contributed by atoms with E-state index >= 15 is 0 Å². The van der Waals surface area contributed by atoms with Gasteiger partial charge in [-0.15, -0.1) is 0 Å². The van der Waals surface area contributed by atoms with Gasteiger partial charge in [-0.2, -0.15) is 9.78 Å². The van der Waals surface area contributed by atoms with Gasteiger partial charge in [-0.05, 0) is 31.0 Å². The summed E-state index contributed by atoms with van der Waals surface area (Å²) in [6, 6.07) is 11.4. The van der Waals surface area contributed by atoms with Crippen molar-refractivity contribution >= 4 is 5.91 Å². The maximum atomic E-state index is 14.1. The Morgan fingerprint density at radius 1 is 1.16 bits per heavy atom. The summed E-state index contributed by atoms with van der Waals surface area (Å²) in [7, 11) is 1.48. The van der Waals surface area contributed by atoms with Crippen molar-refractivity contribution in [3.05, 3.63) is 91.5 Å². The Bertz CT molecular complexity index is 1230. The van der Waals surface area contributed by atoms with Crippen molar-refractivity contribution in [1.82, 2.24) is 19.7 Å². The predicted octanol–water partition coefficient (Wildman–Crippen LogP) is 1.57. The van der Waals surface area contributed by atoms with E-state index in [1.54, 1.807) is 13.0 Å². The van der Waals surface area contributed by atoms with Gasteiger partial charge in [0.2, 0.25) is 5.69 Å². The number of rotatable bonds is 7. The first kappa shape index (κ1) is 22.1. The van der Waals surface area contributed by atoms with E-state index < -0.39 is 28.7 Å². The molecule has 31 heavy (non-hydrogen) atoms. The minimum Gasteiger partial charge on any atom is -0.383 e. The number of halogens is 1. The highest BCUT2D eigenvalue weighted by Crippen LogP contribution is 2.11. The fourth-order valence-electron chi connectivity index (χ4n) is 3.02. The number of methoxy groups -OCH3 is 1. The zero-order valence-corrected chi connectivity index (χ0v) is 17.5. The van der Waals surface area contributed by atoms with Crippen molar-refractivity contribution in [2.24, 2.45) is 0 Å². The monoisotopic (exact) mass is 426 g/mol. The summed E-state index contributed by atoms with van der Waals surface area (Å²) in [5.74, 6) is -1.28. The van der Waals surface area contributed by atoms with Crippen LogP contribution in [0, 0.1) is 19.7 Å². The van der Waals surface area contributed by atoms with Crippen LogP contribution in [0.15, 0.2) is 52.1 Å². The first-order valence-electron chi connectivity index (χ1n) is 9.65. The van der Waals surface area contributed by atoms with Crippen molar-refractivity contribution < 1.29 is 13.9 Å². The molecule has 0 atom stereocenters. The van der Waals surface area contributed by atoms with Gasteiger partial charge in [-0.1, -0.05) is 35.9 Å². The molecule has 0 aliphatic rings. The summed E-state index contributed by atoms with van der Waals surface area (Å²) in [5, 5.41) is 6.49. The van der Waals surface area contributed by atoms with Crippen molar-refractivity contribution in [1.29, 1.82) is 0 Å². The summed E-state index contributed by atoms with van der Waals surface area (Å²) in [6.07, 6.45) is 0. The summed E-state index contributed by atoms with van der Waals surface area (Å²) < 4.78 is 20.8. The third kappa shape index (κ3) is 4.95. The van der Waals surface area contributed by atoms with E-state index in [9.17, 15) is 18.8 Å². The Balaban J connectivity index is 2.17. The first-order valence-corrected chi connectivity index (χ1v) is 9.65. The minimum absolute atomic E-state index is 0.0610. The fourth-order valence-corrected chi connectivity index (χ4v) is 3.02. The molecule has 0 saturated carbocycles. The zero-order chi connectivity index (χ0) is 22.5. The van der Waals surface area contributed by atoms with Gasteiger partial charge in [0.15, 0.2) is 0 Å². The summed E-state index contributed by atoms with van der Waals surface area (Å²) >= 11 is 0. The van der Waals surface area contributed by atoms with E-state index in [-0.39, 0.29) is 25.4 Å². The number of carbonyl (C=O) groups is 1. The molecule has 162 valence electrons. The Morgan fingerprint density at radius 2 is 1.94 bits per heavy atom. The lowest BCUT2D eigenvalue weighted by atomic mass is 10.1. The third-order valence-electron chi connectivity index (χ3n) is 4.69.